The number of fused-ring (bicyclic) bond motifs is 5. The van der Waals surface area contributed by atoms with Crippen LogP contribution in [-0.2, 0) is 4.74 Å². The molecule has 160 valence electrons. The highest BCUT2D eigenvalue weighted by atomic mass is 16.6. The highest BCUT2D eigenvalue weighted by Gasteiger charge is 2.37. The molecule has 7 rings (SSSR count). The van der Waals surface area contributed by atoms with Crippen LogP contribution >= 0.6 is 0 Å². The minimum absolute atomic E-state index is 0.0136. The van der Waals surface area contributed by atoms with Crippen LogP contribution in [-0.4, -0.2) is 53.5 Å². The summed E-state index contributed by atoms with van der Waals surface area (Å²) in [5.74, 6) is 1.32. The lowest BCUT2D eigenvalue weighted by Gasteiger charge is -2.44. The molecular weight excluding hydrogens is 392 g/mol. The van der Waals surface area contributed by atoms with Crippen molar-refractivity contribution in [3.63, 3.8) is 0 Å². The van der Waals surface area contributed by atoms with Gasteiger partial charge in [-0.05, 0) is 55.1 Å². The van der Waals surface area contributed by atoms with E-state index in [1.165, 1.54) is 0 Å². The number of nitrogens with zero attached hydrogens (tertiary/aromatic N) is 2. The molecule has 3 fully saturated rings. The molecular formula is C24H26N4O3. The Morgan fingerprint density at radius 1 is 1.19 bits per heavy atom. The van der Waals surface area contributed by atoms with Crippen LogP contribution in [0, 0.1) is 5.92 Å². The van der Waals surface area contributed by atoms with E-state index in [9.17, 15) is 4.79 Å². The van der Waals surface area contributed by atoms with Gasteiger partial charge in [0.05, 0.1) is 24.4 Å². The summed E-state index contributed by atoms with van der Waals surface area (Å²) in [6, 6.07) is 12.2. The monoisotopic (exact) mass is 418 g/mol. The molecule has 2 aromatic carbocycles. The van der Waals surface area contributed by atoms with E-state index < -0.39 is 0 Å². The Bertz CT molecular complexity index is 1120. The first kappa shape index (κ1) is 18.7. The number of amides is 1. The molecule has 0 aliphatic carbocycles. The quantitative estimate of drug-likeness (QED) is 0.675. The largest absolute Gasteiger partial charge is 0.493 e. The number of benzene rings is 2. The Kier molecular flexibility index (Phi) is 4.56. The molecule has 0 radical (unpaired) electrons. The summed E-state index contributed by atoms with van der Waals surface area (Å²) in [5, 5.41) is 11.3. The molecule has 2 atom stereocenters. The van der Waals surface area contributed by atoms with E-state index in [1.807, 2.05) is 18.3 Å². The predicted molar refractivity (Wildman–Crippen MR) is 117 cm³/mol. The second-order valence-electron chi connectivity index (χ2n) is 8.81. The molecule has 3 saturated heterocycles. The van der Waals surface area contributed by atoms with Crippen LogP contribution in [0.5, 0.6) is 5.75 Å². The van der Waals surface area contributed by atoms with Crippen molar-refractivity contribution in [1.29, 1.82) is 0 Å². The molecule has 0 spiro atoms. The maximum Gasteiger partial charge on any atom is 0.407 e. The standard InChI is InChI=1S/C24H26N4O3/c29-24(31-23-14-28-9-6-15(23)7-10-28)26-20-8-11-30-22-12-16(4-5-18(20)22)17-2-1-3-21-19(17)13-25-27-21/h1-5,12-13,15,20,23H,6-11,14H2,(H,25,27)(H,26,29)/t20?,23-/m0/s1. The molecule has 3 aromatic rings. The molecule has 4 aliphatic heterocycles. The first-order valence-corrected chi connectivity index (χ1v) is 11.1. The Balaban J connectivity index is 1.20. The van der Waals surface area contributed by atoms with Gasteiger partial charge in [0.15, 0.2) is 0 Å². The van der Waals surface area contributed by atoms with E-state index >= 15 is 0 Å². The average molecular weight is 418 g/mol. The smallest absolute Gasteiger partial charge is 0.407 e. The van der Waals surface area contributed by atoms with Gasteiger partial charge in [-0.2, -0.15) is 5.10 Å². The number of rotatable bonds is 3. The van der Waals surface area contributed by atoms with Crippen molar-refractivity contribution in [2.45, 2.75) is 31.4 Å². The lowest BCUT2D eigenvalue weighted by atomic mass is 9.86. The fraction of sp³-hybridized carbons (Fsp3) is 0.417. The topological polar surface area (TPSA) is 79.5 Å². The Morgan fingerprint density at radius 2 is 2.10 bits per heavy atom. The third-order valence-electron chi connectivity index (χ3n) is 7.00. The number of aromatic nitrogens is 2. The second-order valence-corrected chi connectivity index (χ2v) is 8.81. The summed E-state index contributed by atoms with van der Waals surface area (Å²) >= 11 is 0. The number of piperidine rings is 3. The molecule has 31 heavy (non-hydrogen) atoms. The van der Waals surface area contributed by atoms with Crippen molar-refractivity contribution in [3.8, 4) is 16.9 Å². The van der Waals surface area contributed by atoms with Gasteiger partial charge in [-0.1, -0.05) is 24.3 Å². The van der Waals surface area contributed by atoms with Gasteiger partial charge in [0.1, 0.15) is 11.9 Å². The summed E-state index contributed by atoms with van der Waals surface area (Å²) in [6.07, 6.45) is 4.54. The maximum absolute atomic E-state index is 12.7. The van der Waals surface area contributed by atoms with Crippen molar-refractivity contribution in [3.05, 3.63) is 48.2 Å². The number of hydrogen-bond donors (Lipinski definition) is 2. The lowest BCUT2D eigenvalue weighted by molar-refractivity contribution is -0.0342. The summed E-state index contributed by atoms with van der Waals surface area (Å²) in [5.41, 5.74) is 4.18. The first-order chi connectivity index (χ1) is 15.2. The Labute approximate surface area is 180 Å². The predicted octanol–water partition coefficient (Wildman–Crippen LogP) is 3.87. The lowest BCUT2D eigenvalue weighted by Crippen LogP contribution is -2.52. The number of carbonyl (C=O) groups excluding carboxylic acids is 1. The molecule has 7 heteroatoms. The van der Waals surface area contributed by atoms with E-state index in [4.69, 9.17) is 9.47 Å². The summed E-state index contributed by atoms with van der Waals surface area (Å²) in [4.78, 5) is 15.1. The average Bonchev–Trinajstić information content (AvgIpc) is 3.29. The molecule has 2 bridgehead atoms. The molecule has 4 aliphatic rings. The van der Waals surface area contributed by atoms with Crippen molar-refractivity contribution in [2.24, 2.45) is 5.92 Å². The van der Waals surface area contributed by atoms with Crippen molar-refractivity contribution in [1.82, 2.24) is 20.4 Å². The molecule has 1 unspecified atom stereocenters. The van der Waals surface area contributed by atoms with Crippen LogP contribution in [0.25, 0.3) is 22.0 Å². The van der Waals surface area contributed by atoms with Crippen molar-refractivity contribution < 1.29 is 14.3 Å². The van der Waals surface area contributed by atoms with Crippen LogP contribution in [0.1, 0.15) is 30.9 Å². The van der Waals surface area contributed by atoms with E-state index in [0.717, 1.165) is 72.2 Å². The van der Waals surface area contributed by atoms with Gasteiger partial charge in [-0.3, -0.25) is 10.00 Å². The zero-order valence-corrected chi connectivity index (χ0v) is 17.3. The van der Waals surface area contributed by atoms with Crippen LogP contribution in [0.3, 0.4) is 0 Å². The van der Waals surface area contributed by atoms with Gasteiger partial charge in [0.2, 0.25) is 0 Å². The number of aromatic amines is 1. The number of nitrogens with one attached hydrogen (secondary N) is 2. The van der Waals surface area contributed by atoms with Crippen LogP contribution in [0.2, 0.25) is 0 Å². The van der Waals surface area contributed by atoms with E-state index in [2.05, 4.69) is 44.7 Å². The van der Waals surface area contributed by atoms with Gasteiger partial charge in [0, 0.05) is 23.9 Å². The maximum atomic E-state index is 12.7. The summed E-state index contributed by atoms with van der Waals surface area (Å²) in [6.45, 7) is 3.70. The van der Waals surface area contributed by atoms with Crippen LogP contribution in [0.4, 0.5) is 4.79 Å². The highest BCUT2D eigenvalue weighted by Crippen LogP contribution is 2.37. The first-order valence-electron chi connectivity index (χ1n) is 11.1. The third kappa shape index (κ3) is 3.43. The SMILES string of the molecule is O=C(NC1CCOc2cc(-c3cccc4[nH]ncc34)ccc21)O[C@H]1CN2CCC1CC2. The highest BCUT2D eigenvalue weighted by molar-refractivity contribution is 5.94. The van der Waals surface area contributed by atoms with Crippen molar-refractivity contribution >= 4 is 17.0 Å². The normalized spacial score (nSPS) is 26.8. The zero-order chi connectivity index (χ0) is 20.8. The van der Waals surface area contributed by atoms with Crippen molar-refractivity contribution in [2.75, 3.05) is 26.2 Å². The number of H-pyrrole nitrogens is 1. The van der Waals surface area contributed by atoms with E-state index in [-0.39, 0.29) is 18.2 Å². The zero-order valence-electron chi connectivity index (χ0n) is 17.3. The van der Waals surface area contributed by atoms with Gasteiger partial charge in [0.25, 0.3) is 0 Å². The van der Waals surface area contributed by atoms with Gasteiger partial charge in [-0.25, -0.2) is 4.79 Å². The summed E-state index contributed by atoms with van der Waals surface area (Å²) < 4.78 is 11.8. The molecule has 7 nitrogen and oxygen atoms in total. The molecule has 5 heterocycles. The van der Waals surface area contributed by atoms with E-state index in [0.29, 0.717) is 12.5 Å². The third-order valence-corrected chi connectivity index (χ3v) is 7.00. The minimum atomic E-state index is -0.316. The molecule has 2 N–H and O–H groups in total. The molecule has 1 amide bonds. The van der Waals surface area contributed by atoms with Gasteiger partial charge < -0.3 is 14.8 Å². The van der Waals surface area contributed by atoms with Crippen LogP contribution in [0.15, 0.2) is 42.6 Å². The number of hydrogen-bond acceptors (Lipinski definition) is 5. The second kappa shape index (κ2) is 7.57. The van der Waals surface area contributed by atoms with Gasteiger partial charge in [-0.15, -0.1) is 0 Å². The van der Waals surface area contributed by atoms with E-state index in [1.54, 1.807) is 0 Å². The minimum Gasteiger partial charge on any atom is -0.493 e. The molecule has 1 aromatic heterocycles. The van der Waals surface area contributed by atoms with Crippen LogP contribution < -0.4 is 10.1 Å². The Hall–Kier alpha value is -3.06. The number of carbonyl (C=O) groups is 1. The Morgan fingerprint density at radius 3 is 2.94 bits per heavy atom. The fourth-order valence-corrected chi connectivity index (χ4v) is 5.28. The summed E-state index contributed by atoms with van der Waals surface area (Å²) in [7, 11) is 0. The number of alkyl carbamates (subject to hydrolysis) is 1. The van der Waals surface area contributed by atoms with Gasteiger partial charge >= 0.3 is 6.09 Å². The number of ether oxygens (including phenoxy) is 2. The molecule has 0 saturated carbocycles. The fourth-order valence-electron chi connectivity index (χ4n) is 5.28.